The first-order valence-corrected chi connectivity index (χ1v) is 12.3. The standard InChI is InChI=1S/C29H35N3O3/c1-20(2)22-8-10-23(11-9-22)28-26-7-6-16-30(26)17-18-31(28)27(33)19-32(21(3)4)29(34)24-12-14-25(35-5)15-13-24/h6-16,20-21,28H,17-19H2,1-5H3. The van der Waals surface area contributed by atoms with Crippen LogP contribution in [0, 0.1) is 0 Å². The Balaban J connectivity index is 1.60. The maximum atomic E-state index is 13.7. The van der Waals surface area contributed by atoms with E-state index >= 15 is 0 Å². The normalized spacial score (nSPS) is 15.3. The average Bonchev–Trinajstić information content (AvgIpc) is 3.35. The second-order valence-corrected chi connectivity index (χ2v) is 9.69. The molecule has 2 amide bonds. The first-order chi connectivity index (χ1) is 16.8. The fourth-order valence-electron chi connectivity index (χ4n) is 4.69. The van der Waals surface area contributed by atoms with E-state index < -0.39 is 0 Å². The molecule has 0 saturated heterocycles. The zero-order chi connectivity index (χ0) is 25.1. The van der Waals surface area contributed by atoms with Crippen LogP contribution in [0.25, 0.3) is 0 Å². The summed E-state index contributed by atoms with van der Waals surface area (Å²) in [4.78, 5) is 30.6. The number of benzene rings is 2. The lowest BCUT2D eigenvalue weighted by molar-refractivity contribution is -0.135. The molecular weight excluding hydrogens is 438 g/mol. The van der Waals surface area contributed by atoms with Crippen molar-refractivity contribution in [1.29, 1.82) is 0 Å². The zero-order valence-corrected chi connectivity index (χ0v) is 21.3. The van der Waals surface area contributed by atoms with Gasteiger partial charge in [-0.2, -0.15) is 0 Å². The zero-order valence-electron chi connectivity index (χ0n) is 21.3. The molecule has 0 bridgehead atoms. The quantitative estimate of drug-likeness (QED) is 0.480. The molecule has 2 heterocycles. The minimum atomic E-state index is -0.183. The van der Waals surface area contributed by atoms with Crippen molar-refractivity contribution in [3.8, 4) is 5.75 Å². The minimum Gasteiger partial charge on any atom is -0.497 e. The Morgan fingerprint density at radius 1 is 0.971 bits per heavy atom. The first-order valence-electron chi connectivity index (χ1n) is 12.3. The molecule has 35 heavy (non-hydrogen) atoms. The van der Waals surface area contributed by atoms with Gasteiger partial charge in [-0.05, 0) is 67.3 Å². The average molecular weight is 474 g/mol. The Bertz CT molecular complexity index is 1160. The van der Waals surface area contributed by atoms with E-state index in [4.69, 9.17) is 4.74 Å². The van der Waals surface area contributed by atoms with Crippen LogP contribution in [0.15, 0.2) is 66.9 Å². The van der Waals surface area contributed by atoms with Crippen molar-refractivity contribution in [2.75, 3.05) is 20.2 Å². The SMILES string of the molecule is COc1ccc(C(=O)N(CC(=O)N2CCn3cccc3C2c2ccc(C(C)C)cc2)C(C)C)cc1. The number of nitrogens with zero attached hydrogens (tertiary/aromatic N) is 3. The molecule has 184 valence electrons. The van der Waals surface area contributed by atoms with Crippen molar-refractivity contribution >= 4 is 11.8 Å². The Hall–Kier alpha value is -3.54. The highest BCUT2D eigenvalue weighted by atomic mass is 16.5. The van der Waals surface area contributed by atoms with Crippen molar-refractivity contribution in [3.63, 3.8) is 0 Å². The maximum Gasteiger partial charge on any atom is 0.254 e. The summed E-state index contributed by atoms with van der Waals surface area (Å²) in [5.74, 6) is 0.928. The lowest BCUT2D eigenvalue weighted by Crippen LogP contribution is -2.49. The van der Waals surface area contributed by atoms with Gasteiger partial charge in [0.15, 0.2) is 0 Å². The molecule has 1 aliphatic heterocycles. The summed E-state index contributed by atoms with van der Waals surface area (Å²) in [6.45, 7) is 9.61. The molecule has 0 radical (unpaired) electrons. The number of amides is 2. The number of methoxy groups -OCH3 is 1. The van der Waals surface area contributed by atoms with Gasteiger partial charge in [0.05, 0.1) is 13.2 Å². The van der Waals surface area contributed by atoms with Crippen molar-refractivity contribution in [2.24, 2.45) is 0 Å². The first kappa shape index (κ1) is 24.6. The van der Waals surface area contributed by atoms with Gasteiger partial charge in [0.1, 0.15) is 12.3 Å². The molecule has 0 saturated carbocycles. The van der Waals surface area contributed by atoms with E-state index in [1.54, 1.807) is 36.3 Å². The van der Waals surface area contributed by atoms with Crippen molar-refractivity contribution in [3.05, 3.63) is 89.2 Å². The van der Waals surface area contributed by atoms with E-state index in [9.17, 15) is 9.59 Å². The molecule has 1 aromatic heterocycles. The van der Waals surface area contributed by atoms with Gasteiger partial charge in [-0.3, -0.25) is 9.59 Å². The second-order valence-electron chi connectivity index (χ2n) is 9.69. The number of fused-ring (bicyclic) bond motifs is 1. The van der Waals surface area contributed by atoms with Crippen LogP contribution in [0.3, 0.4) is 0 Å². The molecule has 4 rings (SSSR count). The van der Waals surface area contributed by atoms with Gasteiger partial charge in [0, 0.05) is 36.6 Å². The van der Waals surface area contributed by atoms with Gasteiger partial charge in [0.2, 0.25) is 5.91 Å². The second kappa shape index (κ2) is 10.4. The number of hydrogen-bond donors (Lipinski definition) is 0. The van der Waals surface area contributed by atoms with E-state index in [-0.39, 0.29) is 30.4 Å². The van der Waals surface area contributed by atoms with Crippen LogP contribution in [0.1, 0.15) is 66.8 Å². The number of ether oxygens (including phenoxy) is 1. The molecule has 0 fully saturated rings. The van der Waals surface area contributed by atoms with Crippen molar-refractivity contribution in [2.45, 2.75) is 52.2 Å². The summed E-state index contributed by atoms with van der Waals surface area (Å²) in [6, 6.07) is 19.4. The highest BCUT2D eigenvalue weighted by Gasteiger charge is 2.34. The number of aromatic nitrogens is 1. The summed E-state index contributed by atoms with van der Waals surface area (Å²) < 4.78 is 7.43. The third-order valence-corrected chi connectivity index (χ3v) is 6.80. The van der Waals surface area contributed by atoms with Crippen molar-refractivity contribution in [1.82, 2.24) is 14.4 Å². The smallest absolute Gasteiger partial charge is 0.254 e. The van der Waals surface area contributed by atoms with E-state index in [1.807, 2.05) is 24.8 Å². The monoisotopic (exact) mass is 473 g/mol. The molecular formula is C29H35N3O3. The molecule has 1 unspecified atom stereocenters. The Morgan fingerprint density at radius 2 is 1.66 bits per heavy atom. The predicted molar refractivity (Wildman–Crippen MR) is 138 cm³/mol. The van der Waals surface area contributed by atoms with Gasteiger partial charge in [-0.15, -0.1) is 0 Å². The largest absolute Gasteiger partial charge is 0.497 e. The number of rotatable bonds is 7. The van der Waals surface area contributed by atoms with E-state index in [0.717, 1.165) is 17.8 Å². The van der Waals surface area contributed by atoms with Gasteiger partial charge >= 0.3 is 0 Å². The van der Waals surface area contributed by atoms with Crippen LogP contribution in [0.5, 0.6) is 5.75 Å². The molecule has 0 aliphatic carbocycles. The summed E-state index contributed by atoms with van der Waals surface area (Å²) in [7, 11) is 1.60. The summed E-state index contributed by atoms with van der Waals surface area (Å²) in [5.41, 5.74) is 3.99. The summed E-state index contributed by atoms with van der Waals surface area (Å²) in [6.07, 6.45) is 2.07. The Labute approximate surface area is 208 Å². The third-order valence-electron chi connectivity index (χ3n) is 6.80. The number of carbonyl (C=O) groups is 2. The molecule has 0 N–H and O–H groups in total. The molecule has 3 aromatic rings. The lowest BCUT2D eigenvalue weighted by Gasteiger charge is -2.39. The van der Waals surface area contributed by atoms with Crippen LogP contribution in [0.4, 0.5) is 0 Å². The fraction of sp³-hybridized carbons (Fsp3) is 0.379. The number of carbonyl (C=O) groups excluding carboxylic acids is 2. The molecule has 2 aromatic carbocycles. The molecule has 6 nitrogen and oxygen atoms in total. The van der Waals surface area contributed by atoms with Crippen LogP contribution >= 0.6 is 0 Å². The highest BCUT2D eigenvalue weighted by Crippen LogP contribution is 2.33. The molecule has 0 spiro atoms. The molecule has 1 atom stereocenters. The predicted octanol–water partition coefficient (Wildman–Crippen LogP) is 5.10. The summed E-state index contributed by atoms with van der Waals surface area (Å²) >= 11 is 0. The van der Waals surface area contributed by atoms with E-state index in [2.05, 4.69) is 54.9 Å². The van der Waals surface area contributed by atoms with Crippen LogP contribution < -0.4 is 4.74 Å². The number of hydrogen-bond acceptors (Lipinski definition) is 3. The van der Waals surface area contributed by atoms with E-state index in [1.165, 1.54) is 5.56 Å². The molecule has 6 heteroatoms. The summed E-state index contributed by atoms with van der Waals surface area (Å²) in [5, 5.41) is 0. The van der Waals surface area contributed by atoms with Crippen LogP contribution in [-0.4, -0.2) is 52.4 Å². The fourth-order valence-corrected chi connectivity index (χ4v) is 4.69. The Morgan fingerprint density at radius 3 is 2.26 bits per heavy atom. The highest BCUT2D eigenvalue weighted by molar-refractivity contribution is 5.97. The Kier molecular flexibility index (Phi) is 7.29. The van der Waals surface area contributed by atoms with E-state index in [0.29, 0.717) is 23.8 Å². The third kappa shape index (κ3) is 5.11. The minimum absolute atomic E-state index is 0.0316. The van der Waals surface area contributed by atoms with Gasteiger partial charge in [0.25, 0.3) is 5.91 Å². The lowest BCUT2D eigenvalue weighted by atomic mass is 9.95. The topological polar surface area (TPSA) is 54.8 Å². The molecule has 1 aliphatic rings. The van der Waals surface area contributed by atoms with Gasteiger partial charge in [-0.25, -0.2) is 0 Å². The van der Waals surface area contributed by atoms with Gasteiger partial charge < -0.3 is 19.1 Å². The van der Waals surface area contributed by atoms with Crippen molar-refractivity contribution < 1.29 is 14.3 Å². The maximum absolute atomic E-state index is 13.7. The van der Waals surface area contributed by atoms with Crippen LogP contribution in [-0.2, 0) is 11.3 Å². The van der Waals surface area contributed by atoms with Crippen LogP contribution in [0.2, 0.25) is 0 Å². The van der Waals surface area contributed by atoms with Gasteiger partial charge in [-0.1, -0.05) is 38.1 Å².